The summed E-state index contributed by atoms with van der Waals surface area (Å²) in [6.07, 6.45) is 0. The molecule has 0 saturated carbocycles. The highest BCUT2D eigenvalue weighted by Crippen LogP contribution is 2.28. The van der Waals surface area contributed by atoms with Gasteiger partial charge in [-0.2, -0.15) is 0 Å². The van der Waals surface area contributed by atoms with Gasteiger partial charge in [0.1, 0.15) is 0 Å². The molecular weight excluding hydrogens is 318 g/mol. The van der Waals surface area contributed by atoms with E-state index in [1.165, 1.54) is 21.6 Å². The highest BCUT2D eigenvalue weighted by atomic mass is 79.9. The zero-order chi connectivity index (χ0) is 13.8. The number of thioether (sulfide) groups is 1. The summed E-state index contributed by atoms with van der Waals surface area (Å²) in [6, 6.07) is 13.1. The van der Waals surface area contributed by atoms with Crippen LogP contribution in [0, 0.1) is 13.8 Å². The first-order valence-corrected chi connectivity index (χ1v) is 8.05. The molecular formula is C16H18BrNS. The Morgan fingerprint density at radius 1 is 1.05 bits per heavy atom. The number of rotatable bonds is 4. The lowest BCUT2D eigenvalue weighted by Gasteiger charge is -2.07. The molecule has 0 unspecified atom stereocenters. The second-order valence-electron chi connectivity index (χ2n) is 4.74. The van der Waals surface area contributed by atoms with Crippen LogP contribution in [-0.2, 0) is 12.3 Å². The van der Waals surface area contributed by atoms with Gasteiger partial charge in [0.25, 0.3) is 0 Å². The Morgan fingerprint density at radius 2 is 1.74 bits per heavy atom. The number of hydrogen-bond donors (Lipinski definition) is 1. The predicted molar refractivity (Wildman–Crippen MR) is 87.5 cm³/mol. The molecule has 0 radical (unpaired) electrons. The van der Waals surface area contributed by atoms with Crippen LogP contribution in [-0.4, -0.2) is 0 Å². The van der Waals surface area contributed by atoms with Gasteiger partial charge in [-0.15, -0.1) is 11.8 Å². The van der Waals surface area contributed by atoms with E-state index in [2.05, 4.69) is 66.2 Å². The summed E-state index contributed by atoms with van der Waals surface area (Å²) < 4.78 is 1.10. The van der Waals surface area contributed by atoms with Crippen LogP contribution in [0.2, 0.25) is 0 Å². The van der Waals surface area contributed by atoms with Gasteiger partial charge in [-0.3, -0.25) is 0 Å². The Hall–Kier alpha value is -0.770. The monoisotopic (exact) mass is 335 g/mol. The molecule has 0 aliphatic carbocycles. The van der Waals surface area contributed by atoms with Crippen LogP contribution in [0.25, 0.3) is 0 Å². The summed E-state index contributed by atoms with van der Waals surface area (Å²) in [5.74, 6) is 0.997. The fourth-order valence-electron chi connectivity index (χ4n) is 2.10. The molecule has 2 rings (SSSR count). The number of halogens is 1. The Bertz CT molecular complexity index is 561. The number of benzene rings is 2. The smallest absolute Gasteiger partial charge is 0.0232 e. The minimum Gasteiger partial charge on any atom is -0.326 e. The van der Waals surface area contributed by atoms with Gasteiger partial charge >= 0.3 is 0 Å². The lowest BCUT2D eigenvalue weighted by atomic mass is 10.1. The van der Waals surface area contributed by atoms with Crippen LogP contribution in [0.15, 0.2) is 45.8 Å². The van der Waals surface area contributed by atoms with E-state index in [1.807, 2.05) is 11.8 Å². The van der Waals surface area contributed by atoms with Gasteiger partial charge in [0.15, 0.2) is 0 Å². The van der Waals surface area contributed by atoms with E-state index in [4.69, 9.17) is 5.73 Å². The fourth-order valence-corrected chi connectivity index (χ4v) is 3.66. The van der Waals surface area contributed by atoms with Crippen molar-refractivity contribution in [2.24, 2.45) is 5.73 Å². The lowest BCUT2D eigenvalue weighted by Crippen LogP contribution is -1.96. The molecule has 0 aromatic heterocycles. The van der Waals surface area contributed by atoms with E-state index < -0.39 is 0 Å². The molecule has 19 heavy (non-hydrogen) atoms. The van der Waals surface area contributed by atoms with Gasteiger partial charge in [-0.25, -0.2) is 0 Å². The van der Waals surface area contributed by atoms with E-state index >= 15 is 0 Å². The summed E-state index contributed by atoms with van der Waals surface area (Å²) in [5, 5.41) is 0. The minimum atomic E-state index is 0.572. The van der Waals surface area contributed by atoms with Crippen LogP contribution < -0.4 is 5.73 Å². The number of hydrogen-bond acceptors (Lipinski definition) is 2. The molecule has 0 amide bonds. The average molecular weight is 336 g/mol. The van der Waals surface area contributed by atoms with Gasteiger partial charge in [0.2, 0.25) is 0 Å². The summed E-state index contributed by atoms with van der Waals surface area (Å²) in [7, 11) is 0. The molecule has 0 aliphatic rings. The zero-order valence-electron chi connectivity index (χ0n) is 11.2. The van der Waals surface area contributed by atoms with Crippen molar-refractivity contribution in [3.63, 3.8) is 0 Å². The molecule has 3 heteroatoms. The summed E-state index contributed by atoms with van der Waals surface area (Å²) in [6.45, 7) is 4.87. The van der Waals surface area contributed by atoms with Crippen LogP contribution in [0.3, 0.4) is 0 Å². The molecule has 0 heterocycles. The first-order chi connectivity index (χ1) is 9.08. The van der Waals surface area contributed by atoms with E-state index in [9.17, 15) is 0 Å². The fraction of sp³-hybridized carbons (Fsp3) is 0.250. The Morgan fingerprint density at radius 3 is 2.32 bits per heavy atom. The first-order valence-electron chi connectivity index (χ1n) is 6.27. The third kappa shape index (κ3) is 4.10. The maximum atomic E-state index is 5.66. The Kier molecular flexibility index (Phi) is 5.08. The third-order valence-electron chi connectivity index (χ3n) is 2.93. The second kappa shape index (κ2) is 6.60. The molecule has 2 N–H and O–H groups in total. The maximum Gasteiger partial charge on any atom is 0.0232 e. The first kappa shape index (κ1) is 14.6. The van der Waals surface area contributed by atoms with Gasteiger partial charge < -0.3 is 5.73 Å². The Balaban J connectivity index is 2.08. The summed E-state index contributed by atoms with van der Waals surface area (Å²) in [4.78, 5) is 1.27. The van der Waals surface area contributed by atoms with Crippen LogP contribution in [0.5, 0.6) is 0 Å². The van der Waals surface area contributed by atoms with Crippen molar-refractivity contribution in [1.82, 2.24) is 0 Å². The normalized spacial score (nSPS) is 10.7. The average Bonchev–Trinajstić information content (AvgIpc) is 2.35. The van der Waals surface area contributed by atoms with Crippen LogP contribution >= 0.6 is 27.7 Å². The van der Waals surface area contributed by atoms with Crippen molar-refractivity contribution < 1.29 is 0 Å². The van der Waals surface area contributed by atoms with Gasteiger partial charge in [-0.1, -0.05) is 51.3 Å². The molecule has 0 fully saturated rings. The molecule has 1 nitrogen and oxygen atoms in total. The van der Waals surface area contributed by atoms with Crippen molar-refractivity contribution in [1.29, 1.82) is 0 Å². The molecule has 0 saturated heterocycles. The topological polar surface area (TPSA) is 26.0 Å². The highest BCUT2D eigenvalue weighted by molar-refractivity contribution is 9.10. The molecule has 0 aliphatic heterocycles. The molecule has 100 valence electrons. The third-order valence-corrected chi connectivity index (χ3v) is 4.73. The van der Waals surface area contributed by atoms with Crippen molar-refractivity contribution >= 4 is 27.7 Å². The molecule has 2 aromatic carbocycles. The van der Waals surface area contributed by atoms with Crippen molar-refractivity contribution in [3.8, 4) is 0 Å². The zero-order valence-corrected chi connectivity index (χ0v) is 13.6. The number of nitrogens with two attached hydrogens (primary N) is 1. The molecule has 0 bridgehead atoms. The predicted octanol–water partition coefficient (Wildman–Crippen LogP) is 4.82. The van der Waals surface area contributed by atoms with Crippen molar-refractivity contribution in [2.45, 2.75) is 31.0 Å². The Labute approximate surface area is 127 Å². The summed E-state index contributed by atoms with van der Waals surface area (Å²) >= 11 is 5.42. The highest BCUT2D eigenvalue weighted by Gasteiger charge is 2.02. The second-order valence-corrected chi connectivity index (χ2v) is 6.65. The molecule has 2 aromatic rings. The van der Waals surface area contributed by atoms with Crippen LogP contribution in [0.4, 0.5) is 0 Å². The lowest BCUT2D eigenvalue weighted by molar-refractivity contribution is 1.05. The van der Waals surface area contributed by atoms with E-state index in [1.54, 1.807) is 0 Å². The standard InChI is InChI=1S/C16H18BrNS/c1-11-5-12(2)7-13(6-11)10-19-15-4-3-14(9-18)16(17)8-15/h3-8H,9-10,18H2,1-2H3. The van der Waals surface area contributed by atoms with Crippen LogP contribution in [0.1, 0.15) is 22.3 Å². The van der Waals surface area contributed by atoms with Gasteiger partial charge in [-0.05, 0) is 37.1 Å². The van der Waals surface area contributed by atoms with E-state index in [0.29, 0.717) is 6.54 Å². The van der Waals surface area contributed by atoms with Gasteiger partial charge in [0, 0.05) is 21.7 Å². The maximum absolute atomic E-state index is 5.66. The van der Waals surface area contributed by atoms with E-state index in [0.717, 1.165) is 15.8 Å². The van der Waals surface area contributed by atoms with Crippen molar-refractivity contribution in [3.05, 3.63) is 63.1 Å². The van der Waals surface area contributed by atoms with E-state index in [-0.39, 0.29) is 0 Å². The summed E-state index contributed by atoms with van der Waals surface area (Å²) in [5.41, 5.74) is 10.8. The van der Waals surface area contributed by atoms with Crippen molar-refractivity contribution in [2.75, 3.05) is 0 Å². The largest absolute Gasteiger partial charge is 0.326 e. The SMILES string of the molecule is Cc1cc(C)cc(CSc2ccc(CN)c(Br)c2)c1. The minimum absolute atomic E-state index is 0.572. The quantitative estimate of drug-likeness (QED) is 0.811. The molecule has 0 spiro atoms. The molecule has 0 atom stereocenters. The van der Waals surface area contributed by atoms with Gasteiger partial charge in [0.05, 0.1) is 0 Å². The number of aryl methyl sites for hydroxylation is 2.